The van der Waals surface area contributed by atoms with Crippen LogP contribution in [0, 0.1) is 0 Å². The van der Waals surface area contributed by atoms with Gasteiger partial charge >= 0.3 is 0 Å². The van der Waals surface area contributed by atoms with Gasteiger partial charge in [-0.05, 0) is 30.2 Å². The average Bonchev–Trinajstić information content (AvgIpc) is 2.59. The molecular formula is C12H13NO. The highest BCUT2D eigenvalue weighted by Crippen LogP contribution is 2.17. The zero-order chi connectivity index (χ0) is 10.1. The van der Waals surface area contributed by atoms with Gasteiger partial charge in [-0.2, -0.15) is 0 Å². The molecule has 0 aliphatic heterocycles. The van der Waals surface area contributed by atoms with Crippen molar-refractivity contribution in [1.82, 2.24) is 4.57 Å². The molecule has 0 aliphatic rings. The first kappa shape index (κ1) is 9.00. The number of rotatable bonds is 1. The van der Waals surface area contributed by atoms with E-state index in [2.05, 4.69) is 19.1 Å². The van der Waals surface area contributed by atoms with E-state index in [1.807, 2.05) is 18.3 Å². The van der Waals surface area contributed by atoms with Crippen LogP contribution < -0.4 is 0 Å². The highest BCUT2D eigenvalue weighted by molar-refractivity contribution is 5.91. The predicted octanol–water partition coefficient (Wildman–Crippen LogP) is 2.86. The summed E-state index contributed by atoms with van der Waals surface area (Å²) in [4.78, 5) is 11.2. The standard InChI is InChI=1S/C12H13NO/c1-3-10-4-5-12-11(8-10)6-7-13(12)9(2)14/h4-8H,3H2,1-2H3. The number of carbonyl (C=O) groups is 1. The molecule has 0 N–H and O–H groups in total. The maximum Gasteiger partial charge on any atom is 0.227 e. The molecule has 1 aromatic carbocycles. The van der Waals surface area contributed by atoms with Gasteiger partial charge in [0.1, 0.15) is 0 Å². The van der Waals surface area contributed by atoms with Crippen molar-refractivity contribution in [1.29, 1.82) is 0 Å². The second-order valence-electron chi connectivity index (χ2n) is 3.45. The Hall–Kier alpha value is -1.57. The number of nitrogens with zero attached hydrogens (tertiary/aromatic N) is 1. The van der Waals surface area contributed by atoms with Gasteiger partial charge in [0, 0.05) is 18.5 Å². The van der Waals surface area contributed by atoms with Gasteiger partial charge in [0.25, 0.3) is 0 Å². The molecule has 0 saturated heterocycles. The molecule has 0 amide bonds. The summed E-state index contributed by atoms with van der Waals surface area (Å²) in [6.45, 7) is 3.70. The summed E-state index contributed by atoms with van der Waals surface area (Å²) in [6, 6.07) is 8.20. The van der Waals surface area contributed by atoms with E-state index in [1.165, 1.54) is 5.56 Å². The Morgan fingerprint density at radius 1 is 1.36 bits per heavy atom. The summed E-state index contributed by atoms with van der Waals surface area (Å²) in [5.41, 5.74) is 2.30. The number of aromatic nitrogens is 1. The van der Waals surface area contributed by atoms with Crippen LogP contribution in [0.4, 0.5) is 0 Å². The zero-order valence-corrected chi connectivity index (χ0v) is 8.45. The Labute approximate surface area is 83.2 Å². The maximum absolute atomic E-state index is 11.2. The number of carbonyl (C=O) groups excluding carboxylic acids is 1. The predicted molar refractivity (Wildman–Crippen MR) is 57.6 cm³/mol. The highest BCUT2D eigenvalue weighted by Gasteiger charge is 2.03. The third-order valence-corrected chi connectivity index (χ3v) is 2.50. The van der Waals surface area contributed by atoms with E-state index in [9.17, 15) is 4.79 Å². The molecule has 0 saturated carbocycles. The number of hydrogen-bond acceptors (Lipinski definition) is 1. The first-order chi connectivity index (χ1) is 6.72. The van der Waals surface area contributed by atoms with Crippen molar-refractivity contribution in [3.63, 3.8) is 0 Å². The van der Waals surface area contributed by atoms with Crippen molar-refractivity contribution in [2.45, 2.75) is 20.3 Å². The molecule has 0 spiro atoms. The van der Waals surface area contributed by atoms with Crippen LogP contribution in [0.3, 0.4) is 0 Å². The molecule has 0 aliphatic carbocycles. The Morgan fingerprint density at radius 3 is 2.79 bits per heavy atom. The van der Waals surface area contributed by atoms with Crippen LogP contribution in [-0.4, -0.2) is 10.5 Å². The van der Waals surface area contributed by atoms with Crippen LogP contribution in [0.5, 0.6) is 0 Å². The quantitative estimate of drug-likeness (QED) is 0.672. The third-order valence-electron chi connectivity index (χ3n) is 2.50. The summed E-state index contributed by atoms with van der Waals surface area (Å²) < 4.78 is 1.68. The van der Waals surface area contributed by atoms with E-state index in [4.69, 9.17) is 0 Å². The van der Waals surface area contributed by atoms with Crippen molar-refractivity contribution in [2.24, 2.45) is 0 Å². The molecule has 0 radical (unpaired) electrons. The molecule has 1 heterocycles. The second kappa shape index (κ2) is 3.29. The maximum atomic E-state index is 11.2. The normalized spacial score (nSPS) is 10.7. The molecule has 2 aromatic rings. The lowest BCUT2D eigenvalue weighted by atomic mass is 10.1. The van der Waals surface area contributed by atoms with Crippen LogP contribution in [0.2, 0.25) is 0 Å². The second-order valence-corrected chi connectivity index (χ2v) is 3.45. The van der Waals surface area contributed by atoms with E-state index in [0.717, 1.165) is 17.3 Å². The molecule has 2 nitrogen and oxygen atoms in total. The Morgan fingerprint density at radius 2 is 2.14 bits per heavy atom. The number of hydrogen-bond donors (Lipinski definition) is 0. The number of fused-ring (bicyclic) bond motifs is 1. The van der Waals surface area contributed by atoms with Gasteiger partial charge in [0.15, 0.2) is 0 Å². The SMILES string of the molecule is CCc1ccc2c(ccn2C(C)=O)c1. The fourth-order valence-electron chi connectivity index (χ4n) is 1.69. The van der Waals surface area contributed by atoms with E-state index in [1.54, 1.807) is 11.5 Å². The largest absolute Gasteiger partial charge is 0.287 e. The Kier molecular flexibility index (Phi) is 2.12. The third kappa shape index (κ3) is 1.33. The van der Waals surface area contributed by atoms with Gasteiger partial charge in [0.05, 0.1) is 5.52 Å². The van der Waals surface area contributed by atoms with Crippen molar-refractivity contribution >= 4 is 16.8 Å². The van der Waals surface area contributed by atoms with Crippen molar-refractivity contribution in [2.75, 3.05) is 0 Å². The molecule has 72 valence electrons. The molecule has 2 rings (SSSR count). The summed E-state index contributed by atoms with van der Waals surface area (Å²) in [7, 11) is 0. The van der Waals surface area contributed by atoms with Gasteiger partial charge in [-0.1, -0.05) is 13.0 Å². The fraction of sp³-hybridized carbons (Fsp3) is 0.250. The summed E-state index contributed by atoms with van der Waals surface area (Å²) in [5.74, 6) is 0.0595. The minimum Gasteiger partial charge on any atom is -0.287 e. The smallest absolute Gasteiger partial charge is 0.227 e. The monoisotopic (exact) mass is 187 g/mol. The van der Waals surface area contributed by atoms with Crippen LogP contribution in [-0.2, 0) is 6.42 Å². The van der Waals surface area contributed by atoms with Crippen LogP contribution >= 0.6 is 0 Å². The van der Waals surface area contributed by atoms with Crippen molar-refractivity contribution in [3.05, 3.63) is 36.0 Å². The van der Waals surface area contributed by atoms with E-state index in [-0.39, 0.29) is 5.91 Å². The van der Waals surface area contributed by atoms with Gasteiger partial charge < -0.3 is 0 Å². The first-order valence-electron chi connectivity index (χ1n) is 4.83. The zero-order valence-electron chi connectivity index (χ0n) is 8.45. The van der Waals surface area contributed by atoms with E-state index >= 15 is 0 Å². The lowest BCUT2D eigenvalue weighted by Crippen LogP contribution is -2.02. The number of benzene rings is 1. The molecule has 0 bridgehead atoms. The summed E-state index contributed by atoms with van der Waals surface area (Å²) in [6.07, 6.45) is 2.85. The van der Waals surface area contributed by atoms with Crippen LogP contribution in [0.1, 0.15) is 24.2 Å². The summed E-state index contributed by atoms with van der Waals surface area (Å²) in [5, 5.41) is 1.14. The minimum atomic E-state index is 0.0595. The van der Waals surface area contributed by atoms with Crippen LogP contribution in [0.25, 0.3) is 10.9 Å². The molecule has 0 fully saturated rings. The molecule has 1 aromatic heterocycles. The summed E-state index contributed by atoms with van der Waals surface area (Å²) >= 11 is 0. The Bertz CT molecular complexity index is 482. The lowest BCUT2D eigenvalue weighted by Gasteiger charge is -2.00. The molecule has 14 heavy (non-hydrogen) atoms. The minimum absolute atomic E-state index is 0.0595. The highest BCUT2D eigenvalue weighted by atomic mass is 16.1. The molecule has 0 atom stereocenters. The fourth-order valence-corrected chi connectivity index (χ4v) is 1.69. The lowest BCUT2D eigenvalue weighted by molar-refractivity contribution is 0.0941. The topological polar surface area (TPSA) is 22.0 Å². The number of aryl methyl sites for hydroxylation is 1. The van der Waals surface area contributed by atoms with Gasteiger partial charge in [-0.15, -0.1) is 0 Å². The average molecular weight is 187 g/mol. The van der Waals surface area contributed by atoms with Crippen molar-refractivity contribution in [3.8, 4) is 0 Å². The van der Waals surface area contributed by atoms with Gasteiger partial charge in [-0.25, -0.2) is 0 Å². The molecular weight excluding hydrogens is 174 g/mol. The molecule has 2 heteroatoms. The first-order valence-corrected chi connectivity index (χ1v) is 4.83. The molecule has 0 unspecified atom stereocenters. The Balaban J connectivity index is 2.65. The van der Waals surface area contributed by atoms with E-state index in [0.29, 0.717) is 0 Å². The van der Waals surface area contributed by atoms with Gasteiger partial charge in [-0.3, -0.25) is 9.36 Å². The van der Waals surface area contributed by atoms with Crippen molar-refractivity contribution < 1.29 is 4.79 Å². The van der Waals surface area contributed by atoms with E-state index < -0.39 is 0 Å². The van der Waals surface area contributed by atoms with Gasteiger partial charge in [0.2, 0.25) is 5.91 Å². The van der Waals surface area contributed by atoms with Crippen LogP contribution in [0.15, 0.2) is 30.5 Å².